The molecule has 1 atom stereocenters. The Morgan fingerprint density at radius 1 is 1.30 bits per heavy atom. The summed E-state index contributed by atoms with van der Waals surface area (Å²) in [6, 6.07) is -1.08. The zero-order valence-electron chi connectivity index (χ0n) is 11.8. The number of nitrogens with zero attached hydrogens (tertiary/aromatic N) is 1. The molecule has 2 fully saturated rings. The van der Waals surface area contributed by atoms with Crippen LogP contribution in [0.15, 0.2) is 0 Å². The summed E-state index contributed by atoms with van der Waals surface area (Å²) in [4.78, 5) is 24.3. The van der Waals surface area contributed by atoms with E-state index in [-0.39, 0.29) is 25.8 Å². The standard InChI is InChI=1S/C13H19F2NO4/c1-11(2,3)20-10(19)16-7-12(4-8(16)9(17)18)5-13(14,15)6-12/h8H,4-7H2,1-3H3,(H,17,18). The van der Waals surface area contributed by atoms with E-state index >= 15 is 0 Å². The molecule has 1 saturated heterocycles. The number of carboxylic acid groups (broad SMARTS) is 1. The van der Waals surface area contributed by atoms with Gasteiger partial charge in [0.2, 0.25) is 5.92 Å². The van der Waals surface area contributed by atoms with Crippen LogP contribution in [-0.2, 0) is 9.53 Å². The van der Waals surface area contributed by atoms with Gasteiger partial charge < -0.3 is 9.84 Å². The van der Waals surface area contributed by atoms with E-state index in [0.717, 1.165) is 4.90 Å². The zero-order chi connectivity index (χ0) is 15.3. The summed E-state index contributed by atoms with van der Waals surface area (Å²) in [5.41, 5.74) is -1.52. The second kappa shape index (κ2) is 4.30. The lowest BCUT2D eigenvalue weighted by atomic mass is 9.65. The largest absolute Gasteiger partial charge is 0.480 e. The summed E-state index contributed by atoms with van der Waals surface area (Å²) in [7, 11) is 0. The minimum atomic E-state index is -2.74. The van der Waals surface area contributed by atoms with Gasteiger partial charge in [-0.05, 0) is 27.2 Å². The molecule has 1 saturated carbocycles. The molecule has 1 amide bonds. The maximum atomic E-state index is 13.1. The Labute approximate surface area is 115 Å². The average Bonchev–Trinajstić information content (AvgIpc) is 2.53. The lowest BCUT2D eigenvalue weighted by Gasteiger charge is -2.44. The van der Waals surface area contributed by atoms with Crippen LogP contribution in [0.5, 0.6) is 0 Å². The first kappa shape index (κ1) is 15.0. The molecule has 1 N–H and O–H groups in total. The van der Waals surface area contributed by atoms with Crippen LogP contribution >= 0.6 is 0 Å². The summed E-state index contributed by atoms with van der Waals surface area (Å²) in [6.45, 7) is 5.03. The van der Waals surface area contributed by atoms with Crippen molar-refractivity contribution in [2.75, 3.05) is 6.54 Å². The third-order valence-electron chi connectivity index (χ3n) is 3.69. The highest BCUT2D eigenvalue weighted by molar-refractivity contribution is 5.81. The predicted octanol–water partition coefficient (Wildman–Crippen LogP) is 2.50. The fourth-order valence-corrected chi connectivity index (χ4v) is 3.09. The second-order valence-electron chi connectivity index (χ2n) is 6.88. The Kier molecular flexibility index (Phi) is 3.22. The molecule has 2 aliphatic rings. The Morgan fingerprint density at radius 2 is 1.85 bits per heavy atom. The molecule has 1 aliphatic heterocycles. The Hall–Kier alpha value is -1.40. The van der Waals surface area contributed by atoms with Crippen LogP contribution in [0.2, 0.25) is 0 Å². The number of amides is 1. The topological polar surface area (TPSA) is 66.8 Å². The Morgan fingerprint density at radius 3 is 2.25 bits per heavy atom. The van der Waals surface area contributed by atoms with E-state index in [1.54, 1.807) is 20.8 Å². The van der Waals surface area contributed by atoms with Crippen molar-refractivity contribution in [3.63, 3.8) is 0 Å². The van der Waals surface area contributed by atoms with Gasteiger partial charge in [0.25, 0.3) is 0 Å². The van der Waals surface area contributed by atoms with Gasteiger partial charge >= 0.3 is 12.1 Å². The lowest BCUT2D eigenvalue weighted by Crippen LogP contribution is -2.48. The van der Waals surface area contributed by atoms with Gasteiger partial charge in [-0.3, -0.25) is 4.90 Å². The van der Waals surface area contributed by atoms with Gasteiger partial charge in [0, 0.05) is 24.8 Å². The number of carbonyl (C=O) groups excluding carboxylic acids is 1. The van der Waals surface area contributed by atoms with Crippen molar-refractivity contribution in [3.8, 4) is 0 Å². The normalized spacial score (nSPS) is 27.2. The van der Waals surface area contributed by atoms with Crippen LogP contribution in [0.4, 0.5) is 13.6 Å². The van der Waals surface area contributed by atoms with Crippen molar-refractivity contribution in [2.45, 2.75) is 57.6 Å². The maximum Gasteiger partial charge on any atom is 0.411 e. The molecule has 0 aromatic heterocycles. The van der Waals surface area contributed by atoms with Gasteiger partial charge in [0.05, 0.1) is 0 Å². The first-order valence-corrected chi connectivity index (χ1v) is 6.53. The molecular weight excluding hydrogens is 272 g/mol. The number of hydrogen-bond acceptors (Lipinski definition) is 3. The van der Waals surface area contributed by atoms with Crippen LogP contribution in [0.25, 0.3) is 0 Å². The smallest absolute Gasteiger partial charge is 0.411 e. The monoisotopic (exact) mass is 291 g/mol. The molecule has 20 heavy (non-hydrogen) atoms. The minimum absolute atomic E-state index is 0.0223. The van der Waals surface area contributed by atoms with E-state index < -0.39 is 35.0 Å². The van der Waals surface area contributed by atoms with Crippen LogP contribution in [0.1, 0.15) is 40.0 Å². The fraction of sp³-hybridized carbons (Fsp3) is 0.846. The first-order valence-electron chi connectivity index (χ1n) is 6.53. The molecule has 1 aliphatic carbocycles. The molecular formula is C13H19F2NO4. The minimum Gasteiger partial charge on any atom is -0.480 e. The van der Waals surface area contributed by atoms with Crippen molar-refractivity contribution in [3.05, 3.63) is 0 Å². The number of rotatable bonds is 1. The highest BCUT2D eigenvalue weighted by Crippen LogP contribution is 2.58. The molecule has 2 rings (SSSR count). The van der Waals surface area contributed by atoms with Crippen molar-refractivity contribution in [1.82, 2.24) is 4.90 Å². The molecule has 1 unspecified atom stereocenters. The van der Waals surface area contributed by atoms with Crippen LogP contribution in [0.3, 0.4) is 0 Å². The van der Waals surface area contributed by atoms with Gasteiger partial charge in [-0.1, -0.05) is 0 Å². The molecule has 7 heteroatoms. The molecule has 0 radical (unpaired) electrons. The van der Waals surface area contributed by atoms with Gasteiger partial charge in [0.15, 0.2) is 0 Å². The number of carbonyl (C=O) groups is 2. The van der Waals surface area contributed by atoms with Gasteiger partial charge in [-0.25, -0.2) is 18.4 Å². The molecule has 0 aromatic carbocycles. The summed E-state index contributed by atoms with van der Waals surface area (Å²) in [6.07, 6.45) is -1.40. The van der Waals surface area contributed by atoms with Crippen molar-refractivity contribution in [2.24, 2.45) is 5.41 Å². The van der Waals surface area contributed by atoms with E-state index in [0.29, 0.717) is 0 Å². The average molecular weight is 291 g/mol. The summed E-state index contributed by atoms with van der Waals surface area (Å²) < 4.78 is 31.3. The second-order valence-corrected chi connectivity index (χ2v) is 6.88. The molecule has 0 aromatic rings. The van der Waals surface area contributed by atoms with Crippen LogP contribution in [0, 0.1) is 5.41 Å². The molecule has 114 valence electrons. The third-order valence-corrected chi connectivity index (χ3v) is 3.69. The highest BCUT2D eigenvalue weighted by Gasteiger charge is 2.63. The number of halogens is 2. The summed E-state index contributed by atoms with van der Waals surface area (Å²) >= 11 is 0. The third kappa shape index (κ3) is 2.86. The molecule has 1 spiro atoms. The number of carboxylic acids is 1. The van der Waals surface area contributed by atoms with Crippen molar-refractivity contribution < 1.29 is 28.2 Å². The molecule has 5 nitrogen and oxygen atoms in total. The van der Waals surface area contributed by atoms with E-state index in [9.17, 15) is 23.5 Å². The Balaban J connectivity index is 2.11. The molecule has 0 bridgehead atoms. The number of ether oxygens (including phenoxy) is 1. The summed E-state index contributed by atoms with van der Waals surface area (Å²) in [5.74, 6) is -3.92. The highest BCUT2D eigenvalue weighted by atomic mass is 19.3. The number of hydrogen-bond donors (Lipinski definition) is 1. The van der Waals surface area contributed by atoms with Gasteiger partial charge in [0.1, 0.15) is 11.6 Å². The van der Waals surface area contributed by atoms with Crippen LogP contribution < -0.4 is 0 Å². The molecule has 1 heterocycles. The van der Waals surface area contributed by atoms with E-state index in [1.165, 1.54) is 0 Å². The maximum absolute atomic E-state index is 13.1. The number of alkyl halides is 2. The van der Waals surface area contributed by atoms with E-state index in [4.69, 9.17) is 4.74 Å². The first-order chi connectivity index (χ1) is 8.93. The quantitative estimate of drug-likeness (QED) is 0.806. The fourth-order valence-electron chi connectivity index (χ4n) is 3.09. The van der Waals surface area contributed by atoms with E-state index in [1.807, 2.05) is 0 Å². The number of aliphatic carboxylic acids is 1. The van der Waals surface area contributed by atoms with Gasteiger partial charge in [-0.15, -0.1) is 0 Å². The SMILES string of the molecule is CC(C)(C)OC(=O)N1CC2(CC1C(=O)O)CC(F)(F)C2. The number of likely N-dealkylation sites (tertiary alicyclic amines) is 1. The predicted molar refractivity (Wildman–Crippen MR) is 65.6 cm³/mol. The van der Waals surface area contributed by atoms with Gasteiger partial charge in [-0.2, -0.15) is 0 Å². The summed E-state index contributed by atoms with van der Waals surface area (Å²) in [5, 5.41) is 9.18. The van der Waals surface area contributed by atoms with E-state index in [2.05, 4.69) is 0 Å². The Bertz CT molecular complexity index is 436. The zero-order valence-corrected chi connectivity index (χ0v) is 11.8. The lowest BCUT2D eigenvalue weighted by molar-refractivity contribution is -0.157. The van der Waals surface area contributed by atoms with Crippen molar-refractivity contribution >= 4 is 12.1 Å². The van der Waals surface area contributed by atoms with Crippen LogP contribution in [-0.4, -0.2) is 46.2 Å². The van der Waals surface area contributed by atoms with Crippen molar-refractivity contribution in [1.29, 1.82) is 0 Å².